The summed E-state index contributed by atoms with van der Waals surface area (Å²) in [7, 11) is 1.52. The van der Waals surface area contributed by atoms with Crippen LogP contribution in [0.4, 0.5) is 10.5 Å². The number of nitrogens with zero attached hydrogens (tertiary/aromatic N) is 2. The van der Waals surface area contributed by atoms with Crippen LogP contribution in [0.5, 0.6) is 5.88 Å². The van der Waals surface area contributed by atoms with Crippen molar-refractivity contribution in [1.82, 2.24) is 15.2 Å². The standard InChI is InChI=1S/C17H22N4O4/c1-25-14-7-6-12(11-18-14)19-13(22)5-4-10-21-15(23)17(20-16(21)24)8-2-3-9-17/h6-7,11H,2-5,8-10H2,1H3,(H,19,22)(H,20,24). The predicted molar refractivity (Wildman–Crippen MR) is 90.1 cm³/mol. The molecule has 8 heteroatoms. The third-order valence-corrected chi connectivity index (χ3v) is 4.72. The van der Waals surface area contributed by atoms with Gasteiger partial charge in [-0.3, -0.25) is 14.5 Å². The van der Waals surface area contributed by atoms with Crippen LogP contribution in [-0.4, -0.2) is 46.9 Å². The summed E-state index contributed by atoms with van der Waals surface area (Å²) in [5.74, 6) is 0.141. The van der Waals surface area contributed by atoms with E-state index in [-0.39, 0.29) is 30.8 Å². The molecule has 4 amide bonds. The molecule has 1 aromatic heterocycles. The fourth-order valence-corrected chi connectivity index (χ4v) is 3.39. The van der Waals surface area contributed by atoms with E-state index in [1.807, 2.05) is 0 Å². The number of carbonyl (C=O) groups excluding carboxylic acids is 3. The molecule has 3 rings (SSSR count). The second-order valence-corrected chi connectivity index (χ2v) is 6.42. The molecular formula is C17H22N4O4. The van der Waals surface area contributed by atoms with E-state index in [1.54, 1.807) is 12.1 Å². The van der Waals surface area contributed by atoms with Gasteiger partial charge in [0.25, 0.3) is 5.91 Å². The Kier molecular flexibility index (Phi) is 4.87. The molecule has 2 aliphatic rings. The average Bonchev–Trinajstić information content (AvgIpc) is 3.16. The maximum absolute atomic E-state index is 12.5. The number of methoxy groups -OCH3 is 1. The van der Waals surface area contributed by atoms with Crippen molar-refractivity contribution in [1.29, 1.82) is 0 Å². The van der Waals surface area contributed by atoms with E-state index in [9.17, 15) is 14.4 Å². The van der Waals surface area contributed by atoms with Gasteiger partial charge in [0.05, 0.1) is 19.0 Å². The number of aromatic nitrogens is 1. The van der Waals surface area contributed by atoms with E-state index in [0.717, 1.165) is 12.8 Å². The number of hydrogen-bond donors (Lipinski definition) is 2. The molecule has 0 bridgehead atoms. The zero-order valence-corrected chi connectivity index (χ0v) is 14.2. The van der Waals surface area contributed by atoms with Crippen LogP contribution in [0.2, 0.25) is 0 Å². The number of anilines is 1. The molecule has 2 N–H and O–H groups in total. The number of ether oxygens (including phenoxy) is 1. The summed E-state index contributed by atoms with van der Waals surface area (Å²) >= 11 is 0. The zero-order chi connectivity index (χ0) is 17.9. The van der Waals surface area contributed by atoms with Crippen LogP contribution in [0, 0.1) is 0 Å². The molecule has 0 unspecified atom stereocenters. The quantitative estimate of drug-likeness (QED) is 0.763. The molecule has 25 heavy (non-hydrogen) atoms. The van der Waals surface area contributed by atoms with Gasteiger partial charge in [-0.15, -0.1) is 0 Å². The molecule has 1 aliphatic carbocycles. The van der Waals surface area contributed by atoms with Gasteiger partial charge >= 0.3 is 6.03 Å². The topological polar surface area (TPSA) is 101 Å². The third-order valence-electron chi connectivity index (χ3n) is 4.72. The Bertz CT molecular complexity index is 668. The highest BCUT2D eigenvalue weighted by Gasteiger charge is 2.51. The lowest BCUT2D eigenvalue weighted by Crippen LogP contribution is -2.44. The first-order chi connectivity index (χ1) is 12.0. The highest BCUT2D eigenvalue weighted by Crippen LogP contribution is 2.35. The number of nitrogens with one attached hydrogen (secondary N) is 2. The molecule has 1 spiro atoms. The molecule has 0 aromatic carbocycles. The second kappa shape index (κ2) is 7.08. The Morgan fingerprint density at radius 1 is 1.36 bits per heavy atom. The van der Waals surface area contributed by atoms with E-state index in [0.29, 0.717) is 30.8 Å². The number of carbonyl (C=O) groups is 3. The molecule has 1 saturated carbocycles. The van der Waals surface area contributed by atoms with E-state index < -0.39 is 5.54 Å². The van der Waals surface area contributed by atoms with Gasteiger partial charge in [0.15, 0.2) is 0 Å². The van der Waals surface area contributed by atoms with Gasteiger partial charge in [0, 0.05) is 19.0 Å². The molecule has 1 saturated heterocycles. The van der Waals surface area contributed by atoms with Gasteiger partial charge in [-0.1, -0.05) is 12.8 Å². The maximum Gasteiger partial charge on any atom is 0.325 e. The van der Waals surface area contributed by atoms with Crippen molar-refractivity contribution in [2.75, 3.05) is 19.0 Å². The molecule has 2 heterocycles. The minimum absolute atomic E-state index is 0.144. The predicted octanol–water partition coefficient (Wildman–Crippen LogP) is 1.67. The molecule has 2 fully saturated rings. The summed E-state index contributed by atoms with van der Waals surface area (Å²) in [5.41, 5.74) is -0.112. The van der Waals surface area contributed by atoms with Crippen molar-refractivity contribution in [2.45, 2.75) is 44.1 Å². The van der Waals surface area contributed by atoms with Crippen molar-refractivity contribution < 1.29 is 19.1 Å². The monoisotopic (exact) mass is 346 g/mol. The van der Waals surface area contributed by atoms with Gasteiger partial charge in [-0.25, -0.2) is 9.78 Å². The summed E-state index contributed by atoms with van der Waals surface area (Å²) in [6, 6.07) is 3.02. The van der Waals surface area contributed by atoms with Crippen LogP contribution in [0.25, 0.3) is 0 Å². The minimum Gasteiger partial charge on any atom is -0.481 e. The van der Waals surface area contributed by atoms with Gasteiger partial charge in [0.1, 0.15) is 5.54 Å². The van der Waals surface area contributed by atoms with Crippen LogP contribution in [0.3, 0.4) is 0 Å². The van der Waals surface area contributed by atoms with Gasteiger partial charge in [-0.2, -0.15) is 0 Å². The summed E-state index contributed by atoms with van der Waals surface area (Å²) in [6.07, 6.45) is 5.48. The molecule has 1 aromatic rings. The Balaban J connectivity index is 1.46. The minimum atomic E-state index is -0.686. The zero-order valence-electron chi connectivity index (χ0n) is 14.2. The van der Waals surface area contributed by atoms with Crippen molar-refractivity contribution in [3.63, 3.8) is 0 Å². The number of pyridine rings is 1. The summed E-state index contributed by atoms with van der Waals surface area (Å²) in [5, 5.41) is 5.56. The largest absolute Gasteiger partial charge is 0.481 e. The number of amides is 4. The third kappa shape index (κ3) is 3.57. The lowest BCUT2D eigenvalue weighted by molar-refractivity contribution is -0.131. The molecule has 134 valence electrons. The average molecular weight is 346 g/mol. The normalized spacial score (nSPS) is 18.5. The highest BCUT2D eigenvalue weighted by molar-refractivity contribution is 6.07. The summed E-state index contributed by atoms with van der Waals surface area (Å²) < 4.78 is 4.96. The van der Waals surface area contributed by atoms with Gasteiger partial charge < -0.3 is 15.4 Å². The van der Waals surface area contributed by atoms with Crippen molar-refractivity contribution in [2.24, 2.45) is 0 Å². The van der Waals surface area contributed by atoms with E-state index in [2.05, 4.69) is 15.6 Å². The molecule has 1 aliphatic heterocycles. The van der Waals surface area contributed by atoms with Crippen LogP contribution in [0.1, 0.15) is 38.5 Å². The number of urea groups is 1. The Morgan fingerprint density at radius 2 is 2.12 bits per heavy atom. The fraction of sp³-hybridized carbons (Fsp3) is 0.529. The number of rotatable bonds is 6. The van der Waals surface area contributed by atoms with Crippen LogP contribution >= 0.6 is 0 Å². The Hall–Kier alpha value is -2.64. The molecular weight excluding hydrogens is 324 g/mol. The Morgan fingerprint density at radius 3 is 2.76 bits per heavy atom. The Labute approximate surface area is 145 Å². The highest BCUT2D eigenvalue weighted by atomic mass is 16.5. The van der Waals surface area contributed by atoms with Gasteiger partial charge in [-0.05, 0) is 25.3 Å². The summed E-state index contributed by atoms with van der Waals surface area (Å²) in [6.45, 7) is 0.251. The SMILES string of the molecule is COc1ccc(NC(=O)CCCN2C(=O)NC3(CCCC3)C2=O)cn1. The maximum atomic E-state index is 12.5. The molecule has 0 radical (unpaired) electrons. The van der Waals surface area contributed by atoms with E-state index in [1.165, 1.54) is 18.2 Å². The first-order valence-corrected chi connectivity index (χ1v) is 8.48. The summed E-state index contributed by atoms with van der Waals surface area (Å²) in [4.78, 5) is 41.8. The van der Waals surface area contributed by atoms with Crippen molar-refractivity contribution in [3.8, 4) is 5.88 Å². The molecule has 0 atom stereocenters. The fourth-order valence-electron chi connectivity index (χ4n) is 3.39. The van der Waals surface area contributed by atoms with Crippen LogP contribution in [-0.2, 0) is 9.59 Å². The second-order valence-electron chi connectivity index (χ2n) is 6.42. The van der Waals surface area contributed by atoms with Crippen LogP contribution in [0.15, 0.2) is 18.3 Å². The van der Waals surface area contributed by atoms with E-state index >= 15 is 0 Å². The van der Waals surface area contributed by atoms with E-state index in [4.69, 9.17) is 4.74 Å². The van der Waals surface area contributed by atoms with Gasteiger partial charge in [0.2, 0.25) is 11.8 Å². The smallest absolute Gasteiger partial charge is 0.325 e. The molecule has 8 nitrogen and oxygen atoms in total. The first-order valence-electron chi connectivity index (χ1n) is 8.48. The lowest BCUT2D eigenvalue weighted by Gasteiger charge is -2.19. The van der Waals surface area contributed by atoms with Crippen molar-refractivity contribution >= 4 is 23.5 Å². The number of imide groups is 1. The first kappa shape index (κ1) is 17.2. The van der Waals surface area contributed by atoms with Crippen LogP contribution < -0.4 is 15.4 Å². The lowest BCUT2D eigenvalue weighted by atomic mass is 9.98. The van der Waals surface area contributed by atoms with Crippen molar-refractivity contribution in [3.05, 3.63) is 18.3 Å². The number of hydrogen-bond acceptors (Lipinski definition) is 5.